The summed E-state index contributed by atoms with van der Waals surface area (Å²) >= 11 is 6.22. The number of fused-ring (bicyclic) bond motifs is 2. The Bertz CT molecular complexity index is 1990. The molecule has 13 heteroatoms. The Kier molecular flexibility index (Phi) is 6.62. The minimum atomic E-state index is -1.69. The fraction of sp³-hybridized carbons (Fsp3) is 0.412. The van der Waals surface area contributed by atoms with Crippen LogP contribution in [-0.2, 0) is 21.6 Å². The quantitative estimate of drug-likeness (QED) is 0.217. The third kappa shape index (κ3) is 5.09. The first kappa shape index (κ1) is 30.1. The molecule has 4 N–H and O–H groups in total. The summed E-state index contributed by atoms with van der Waals surface area (Å²) in [5, 5.41) is 20.4. The average molecular weight is 664 g/mol. The number of nitrogens with zero attached hydrogens (tertiary/aromatic N) is 3. The molecule has 2 atom stereocenters. The molecule has 47 heavy (non-hydrogen) atoms. The highest BCUT2D eigenvalue weighted by Crippen LogP contribution is 2.50. The molecule has 3 heterocycles. The molecular weight excluding hydrogens is 632 g/mol. The molecule has 0 bridgehead atoms. The SMILES string of the molecule is C[C@]1(C(N)=O)COc2c1cc(C(O)(CNC(=O)c1cc(OC3CC3)c3nn(C4(F)CC4)cc3c1)C1CC1)nc2-c1cc(Cl)ccc1F. The first-order valence-electron chi connectivity index (χ1n) is 15.7. The van der Waals surface area contributed by atoms with Gasteiger partial charge in [0.15, 0.2) is 0 Å². The number of ether oxygens (including phenoxy) is 2. The van der Waals surface area contributed by atoms with Crippen LogP contribution in [0.25, 0.3) is 22.2 Å². The normalized spacial score (nSPS) is 22.3. The summed E-state index contributed by atoms with van der Waals surface area (Å²) in [5.74, 6) is -2.99. The van der Waals surface area contributed by atoms with E-state index in [0.29, 0.717) is 47.9 Å². The lowest BCUT2D eigenvalue weighted by Gasteiger charge is -2.30. The van der Waals surface area contributed by atoms with Gasteiger partial charge in [-0.05, 0) is 74.9 Å². The van der Waals surface area contributed by atoms with Gasteiger partial charge in [-0.1, -0.05) is 11.6 Å². The van der Waals surface area contributed by atoms with Gasteiger partial charge in [-0.2, -0.15) is 5.10 Å². The monoisotopic (exact) mass is 663 g/mol. The van der Waals surface area contributed by atoms with Gasteiger partial charge < -0.3 is 25.6 Å². The fourth-order valence-electron chi connectivity index (χ4n) is 6.22. The standard InChI is InChI=1S/C34H32ClF2N5O5/c1-32(31(38)44)16-46-29-23(32)13-26(40-28(29)22-12-20(35)4-7-24(22)36)34(45,19-2-3-19)15-39-30(43)17-10-18-14-42(33(37)8-9-33)41-27(18)25(11-17)47-21-5-6-21/h4,7,10-14,19,21,45H,2-3,5-6,8-9,15-16H2,1H3,(H2,38,44)(H,39,43)/t32-,34?/m0/s1. The molecule has 3 saturated carbocycles. The summed E-state index contributed by atoms with van der Waals surface area (Å²) in [5.41, 5.74) is 4.18. The molecule has 3 fully saturated rings. The van der Waals surface area contributed by atoms with Crippen LogP contribution in [-0.4, -0.2) is 50.9 Å². The van der Waals surface area contributed by atoms with Crippen LogP contribution in [0.1, 0.15) is 67.1 Å². The number of rotatable bonds is 10. The van der Waals surface area contributed by atoms with Crippen molar-refractivity contribution in [3.63, 3.8) is 0 Å². The number of amides is 2. The average Bonchev–Trinajstić information content (AvgIpc) is 3.99. The number of pyridine rings is 1. The molecule has 0 radical (unpaired) electrons. The third-order valence-corrected chi connectivity index (χ3v) is 9.98. The zero-order valence-electron chi connectivity index (χ0n) is 25.5. The van der Waals surface area contributed by atoms with Gasteiger partial charge in [-0.3, -0.25) is 9.59 Å². The smallest absolute Gasteiger partial charge is 0.251 e. The van der Waals surface area contributed by atoms with E-state index >= 15 is 4.39 Å². The molecule has 8 rings (SSSR count). The Balaban J connectivity index is 1.16. The van der Waals surface area contributed by atoms with Gasteiger partial charge in [-0.15, -0.1) is 0 Å². The lowest BCUT2D eigenvalue weighted by molar-refractivity contribution is -0.123. The van der Waals surface area contributed by atoms with E-state index in [9.17, 15) is 19.1 Å². The van der Waals surface area contributed by atoms with Crippen LogP contribution in [0.2, 0.25) is 5.02 Å². The molecule has 2 aromatic heterocycles. The summed E-state index contributed by atoms with van der Waals surface area (Å²) in [4.78, 5) is 31.0. The van der Waals surface area contributed by atoms with E-state index in [2.05, 4.69) is 10.4 Å². The second-order valence-electron chi connectivity index (χ2n) is 13.4. The number of hydrogen-bond acceptors (Lipinski definition) is 7. The Hall–Kier alpha value is -4.29. The first-order chi connectivity index (χ1) is 22.4. The van der Waals surface area contributed by atoms with Gasteiger partial charge in [0.2, 0.25) is 11.7 Å². The summed E-state index contributed by atoms with van der Waals surface area (Å²) in [6, 6.07) is 8.78. The molecule has 10 nitrogen and oxygen atoms in total. The summed E-state index contributed by atoms with van der Waals surface area (Å²) in [6.07, 6.45) is 5.43. The van der Waals surface area contributed by atoms with E-state index in [0.717, 1.165) is 12.8 Å². The van der Waals surface area contributed by atoms with Gasteiger partial charge >= 0.3 is 0 Å². The maximum atomic E-state index is 15.2. The van der Waals surface area contributed by atoms with Gasteiger partial charge in [0, 0.05) is 46.1 Å². The number of hydrogen-bond donors (Lipinski definition) is 3. The number of halogens is 3. The highest BCUT2D eigenvalue weighted by atomic mass is 35.5. The van der Waals surface area contributed by atoms with Crippen LogP contribution in [0, 0.1) is 11.7 Å². The van der Waals surface area contributed by atoms with Crippen molar-refractivity contribution in [2.45, 2.75) is 68.4 Å². The van der Waals surface area contributed by atoms with Crippen LogP contribution in [0.3, 0.4) is 0 Å². The molecule has 3 aliphatic carbocycles. The van der Waals surface area contributed by atoms with Gasteiger partial charge in [-0.25, -0.2) is 18.4 Å². The molecule has 4 aromatic rings. The minimum Gasteiger partial charge on any atom is -0.489 e. The van der Waals surface area contributed by atoms with E-state index in [1.54, 1.807) is 31.3 Å². The molecular formula is C34H32ClF2N5O5. The molecule has 2 amide bonds. The molecule has 0 saturated heterocycles. The number of carbonyl (C=O) groups is 2. The number of benzene rings is 2. The van der Waals surface area contributed by atoms with Gasteiger partial charge in [0.1, 0.15) is 46.1 Å². The minimum absolute atomic E-state index is 0.0151. The number of primary amides is 1. The Morgan fingerprint density at radius 1 is 1.21 bits per heavy atom. The fourth-order valence-corrected chi connectivity index (χ4v) is 6.39. The van der Waals surface area contributed by atoms with Crippen molar-refractivity contribution in [3.05, 3.63) is 70.3 Å². The Labute approximate surface area is 273 Å². The Morgan fingerprint density at radius 2 is 1.98 bits per heavy atom. The molecule has 1 aliphatic heterocycles. The first-order valence-corrected chi connectivity index (χ1v) is 16.1. The molecule has 4 aliphatic rings. The number of aromatic nitrogens is 3. The van der Waals surface area contributed by atoms with E-state index in [1.165, 1.54) is 22.9 Å². The van der Waals surface area contributed by atoms with Crippen LogP contribution in [0.15, 0.2) is 42.6 Å². The van der Waals surface area contributed by atoms with Gasteiger partial charge in [0.25, 0.3) is 5.91 Å². The van der Waals surface area contributed by atoms with Crippen LogP contribution in [0.4, 0.5) is 8.78 Å². The molecule has 1 unspecified atom stereocenters. The Morgan fingerprint density at radius 3 is 2.66 bits per heavy atom. The van der Waals surface area contributed by atoms with Crippen molar-refractivity contribution in [2.75, 3.05) is 13.2 Å². The summed E-state index contributed by atoms with van der Waals surface area (Å²) in [7, 11) is 0. The molecule has 0 spiro atoms. The molecule has 244 valence electrons. The van der Waals surface area contributed by atoms with Gasteiger partial charge in [0.05, 0.1) is 18.3 Å². The summed E-state index contributed by atoms with van der Waals surface area (Å²) in [6.45, 7) is 1.29. The maximum Gasteiger partial charge on any atom is 0.251 e. The highest BCUT2D eigenvalue weighted by Gasteiger charge is 2.50. The zero-order valence-corrected chi connectivity index (χ0v) is 26.2. The van der Waals surface area contributed by atoms with Crippen molar-refractivity contribution in [1.29, 1.82) is 0 Å². The highest BCUT2D eigenvalue weighted by molar-refractivity contribution is 6.30. The second-order valence-corrected chi connectivity index (χ2v) is 13.9. The number of aliphatic hydroxyl groups is 1. The van der Waals surface area contributed by atoms with Crippen molar-refractivity contribution >= 4 is 34.3 Å². The summed E-state index contributed by atoms with van der Waals surface area (Å²) < 4.78 is 43.3. The van der Waals surface area contributed by atoms with Crippen LogP contribution >= 0.6 is 11.6 Å². The number of carbonyl (C=O) groups excluding carboxylic acids is 2. The third-order valence-electron chi connectivity index (χ3n) is 9.74. The lowest BCUT2D eigenvalue weighted by Crippen LogP contribution is -2.44. The van der Waals surface area contributed by atoms with Crippen LogP contribution in [0.5, 0.6) is 11.5 Å². The number of nitrogens with two attached hydrogens (primary N) is 1. The number of alkyl halides is 1. The van der Waals surface area contributed by atoms with Crippen LogP contribution < -0.4 is 20.5 Å². The van der Waals surface area contributed by atoms with E-state index in [-0.39, 0.29) is 58.5 Å². The van der Waals surface area contributed by atoms with E-state index in [1.807, 2.05) is 0 Å². The number of nitrogens with one attached hydrogen (secondary N) is 1. The lowest BCUT2D eigenvalue weighted by atomic mass is 9.81. The second kappa shape index (κ2) is 10.4. The largest absolute Gasteiger partial charge is 0.489 e. The van der Waals surface area contributed by atoms with Crippen molar-refractivity contribution < 1.29 is 33.0 Å². The maximum absolute atomic E-state index is 15.2. The van der Waals surface area contributed by atoms with E-state index in [4.69, 9.17) is 31.8 Å². The topological polar surface area (TPSA) is 142 Å². The van der Waals surface area contributed by atoms with Crippen molar-refractivity contribution in [1.82, 2.24) is 20.1 Å². The predicted molar refractivity (Wildman–Crippen MR) is 167 cm³/mol. The zero-order chi connectivity index (χ0) is 32.9. The molecule has 2 aromatic carbocycles. The van der Waals surface area contributed by atoms with Crippen molar-refractivity contribution in [2.24, 2.45) is 11.7 Å². The van der Waals surface area contributed by atoms with E-state index < -0.39 is 34.4 Å². The predicted octanol–water partition coefficient (Wildman–Crippen LogP) is 5.01. The van der Waals surface area contributed by atoms with Crippen molar-refractivity contribution in [3.8, 4) is 22.8 Å².